The molecule has 1 saturated carbocycles. The molecule has 0 aliphatic heterocycles. The monoisotopic (exact) mass is 221 g/mol. The van der Waals surface area contributed by atoms with Crippen molar-refractivity contribution in [2.24, 2.45) is 5.92 Å². The van der Waals surface area contributed by atoms with Crippen LogP contribution in [0.1, 0.15) is 48.1 Å². The van der Waals surface area contributed by atoms with Crippen LogP contribution < -0.4 is 5.73 Å². The van der Waals surface area contributed by atoms with Crippen molar-refractivity contribution in [1.29, 1.82) is 0 Å². The molecule has 2 N–H and O–H groups in total. The quantitative estimate of drug-likeness (QED) is 0.523. The minimum atomic E-state index is 0.194. The molecule has 0 radical (unpaired) electrons. The first-order valence-corrected chi connectivity index (χ1v) is 6.23. The van der Waals surface area contributed by atoms with Crippen molar-refractivity contribution >= 4 is 17.3 Å². The second kappa shape index (κ2) is 3.41. The first-order valence-electron chi connectivity index (χ1n) is 5.79. The van der Waals surface area contributed by atoms with E-state index in [0.29, 0.717) is 11.8 Å². The molecule has 15 heavy (non-hydrogen) atoms. The molecule has 2 aliphatic carbocycles. The van der Waals surface area contributed by atoms with Crippen molar-refractivity contribution in [3.05, 3.63) is 29.3 Å². The van der Waals surface area contributed by atoms with Crippen LogP contribution in [-0.4, -0.2) is 0 Å². The Morgan fingerprint density at radius 1 is 1.27 bits per heavy atom. The summed E-state index contributed by atoms with van der Waals surface area (Å²) in [5, 5.41) is 0.194. The number of benzene rings is 1. The fraction of sp³-hybridized carbons (Fsp3) is 0.538. The standard InChI is InChI=1S/C13H16ClN/c14-13-9-4-1-3-8(7-9)12-10(13)5-2-6-11(12)15/h2,5-6,8-9,13H,1,3-4,7,15H2. The number of hydrogen-bond acceptors (Lipinski definition) is 1. The van der Waals surface area contributed by atoms with Gasteiger partial charge in [-0.2, -0.15) is 0 Å². The van der Waals surface area contributed by atoms with Crippen LogP contribution in [0.3, 0.4) is 0 Å². The Morgan fingerprint density at radius 3 is 3.00 bits per heavy atom. The zero-order valence-corrected chi connectivity index (χ0v) is 9.50. The van der Waals surface area contributed by atoms with Crippen LogP contribution in [0.4, 0.5) is 5.69 Å². The van der Waals surface area contributed by atoms with Crippen LogP contribution in [0.25, 0.3) is 0 Å². The fourth-order valence-corrected chi connectivity index (χ4v) is 3.74. The molecule has 1 aromatic carbocycles. The number of fused-ring (bicyclic) bond motifs is 4. The lowest BCUT2D eigenvalue weighted by atomic mass is 9.68. The SMILES string of the molecule is Nc1cccc2c1C1CCCC(C1)C2Cl. The Labute approximate surface area is 95.6 Å². The Balaban J connectivity index is 2.16. The molecule has 2 aliphatic rings. The molecule has 0 aromatic heterocycles. The molecule has 0 spiro atoms. The van der Waals surface area contributed by atoms with Gasteiger partial charge in [-0.15, -0.1) is 11.6 Å². The van der Waals surface area contributed by atoms with Gasteiger partial charge in [0.2, 0.25) is 0 Å². The minimum absolute atomic E-state index is 0.194. The normalized spacial score (nSPS) is 33.5. The van der Waals surface area contributed by atoms with Crippen LogP contribution in [0.15, 0.2) is 18.2 Å². The summed E-state index contributed by atoms with van der Waals surface area (Å²) in [4.78, 5) is 0. The molecule has 1 fully saturated rings. The van der Waals surface area contributed by atoms with E-state index in [9.17, 15) is 0 Å². The van der Waals surface area contributed by atoms with Crippen molar-refractivity contribution < 1.29 is 0 Å². The van der Waals surface area contributed by atoms with Gasteiger partial charge in [-0.1, -0.05) is 18.6 Å². The Bertz CT molecular complexity index is 388. The molecule has 3 atom stereocenters. The van der Waals surface area contributed by atoms with Gasteiger partial charge in [0.1, 0.15) is 0 Å². The van der Waals surface area contributed by atoms with Crippen LogP contribution in [0, 0.1) is 5.92 Å². The fourth-order valence-electron chi connectivity index (χ4n) is 3.32. The van der Waals surface area contributed by atoms with Crippen molar-refractivity contribution in [2.75, 3.05) is 5.73 Å². The summed E-state index contributed by atoms with van der Waals surface area (Å²) >= 11 is 6.53. The molecule has 3 unspecified atom stereocenters. The molecule has 0 heterocycles. The maximum absolute atomic E-state index is 6.53. The summed E-state index contributed by atoms with van der Waals surface area (Å²) in [7, 11) is 0. The summed E-state index contributed by atoms with van der Waals surface area (Å²) in [6.07, 6.45) is 5.14. The highest BCUT2D eigenvalue weighted by molar-refractivity contribution is 6.21. The Kier molecular flexibility index (Phi) is 2.17. The summed E-state index contributed by atoms with van der Waals surface area (Å²) in [5.74, 6) is 1.36. The number of halogens is 1. The van der Waals surface area contributed by atoms with Crippen molar-refractivity contribution in [3.63, 3.8) is 0 Å². The summed E-state index contributed by atoms with van der Waals surface area (Å²) in [6.45, 7) is 0. The van der Waals surface area contributed by atoms with Crippen LogP contribution in [0.5, 0.6) is 0 Å². The van der Waals surface area contributed by atoms with Crippen LogP contribution in [0.2, 0.25) is 0 Å². The van der Waals surface area contributed by atoms with Crippen LogP contribution in [-0.2, 0) is 0 Å². The molecule has 0 amide bonds. The molecule has 1 aromatic rings. The van der Waals surface area contributed by atoms with Crippen molar-refractivity contribution in [3.8, 4) is 0 Å². The third-order valence-corrected chi connectivity index (χ3v) is 4.60. The largest absolute Gasteiger partial charge is 0.398 e. The zero-order valence-electron chi connectivity index (χ0n) is 8.75. The first kappa shape index (κ1) is 9.53. The van der Waals surface area contributed by atoms with E-state index < -0.39 is 0 Å². The van der Waals surface area contributed by atoms with E-state index in [0.717, 1.165) is 5.69 Å². The average molecular weight is 222 g/mol. The van der Waals surface area contributed by atoms with E-state index in [1.54, 1.807) is 0 Å². The molecular formula is C13H16ClN. The highest BCUT2D eigenvalue weighted by Crippen LogP contribution is 2.52. The van der Waals surface area contributed by atoms with Gasteiger partial charge in [0, 0.05) is 5.69 Å². The molecule has 80 valence electrons. The number of nitrogens with two attached hydrogens (primary N) is 1. The minimum Gasteiger partial charge on any atom is -0.398 e. The Hall–Kier alpha value is -0.690. The highest BCUT2D eigenvalue weighted by atomic mass is 35.5. The topological polar surface area (TPSA) is 26.0 Å². The average Bonchev–Trinajstić information content (AvgIpc) is 2.26. The van der Waals surface area contributed by atoms with Gasteiger partial charge in [0.25, 0.3) is 0 Å². The van der Waals surface area contributed by atoms with E-state index in [1.165, 1.54) is 36.8 Å². The maximum Gasteiger partial charge on any atom is 0.0617 e. The maximum atomic E-state index is 6.53. The predicted octanol–water partition coefficient (Wildman–Crippen LogP) is 3.84. The third-order valence-electron chi connectivity index (χ3n) is 4.01. The molecular weight excluding hydrogens is 206 g/mol. The highest BCUT2D eigenvalue weighted by Gasteiger charge is 2.37. The predicted molar refractivity (Wildman–Crippen MR) is 64.1 cm³/mol. The van der Waals surface area contributed by atoms with E-state index >= 15 is 0 Å². The van der Waals surface area contributed by atoms with E-state index in [1.807, 2.05) is 12.1 Å². The lowest BCUT2D eigenvalue weighted by Gasteiger charge is -2.40. The van der Waals surface area contributed by atoms with Crippen molar-refractivity contribution in [2.45, 2.75) is 37.0 Å². The third kappa shape index (κ3) is 1.37. The van der Waals surface area contributed by atoms with Gasteiger partial charge < -0.3 is 5.73 Å². The lowest BCUT2D eigenvalue weighted by molar-refractivity contribution is 0.292. The van der Waals surface area contributed by atoms with E-state index in [-0.39, 0.29) is 5.38 Å². The van der Waals surface area contributed by atoms with Gasteiger partial charge in [0.15, 0.2) is 0 Å². The summed E-state index contributed by atoms with van der Waals surface area (Å²) in [5.41, 5.74) is 9.69. The number of nitrogen functional groups attached to an aromatic ring is 1. The van der Waals surface area contributed by atoms with Gasteiger partial charge in [-0.05, 0) is 48.3 Å². The van der Waals surface area contributed by atoms with Gasteiger partial charge in [-0.3, -0.25) is 0 Å². The first-order chi connectivity index (χ1) is 7.27. The number of anilines is 1. The summed E-state index contributed by atoms with van der Waals surface area (Å²) < 4.78 is 0. The molecule has 3 rings (SSSR count). The lowest BCUT2D eigenvalue weighted by Crippen LogP contribution is -2.25. The van der Waals surface area contributed by atoms with Crippen LogP contribution >= 0.6 is 11.6 Å². The smallest absolute Gasteiger partial charge is 0.0617 e. The number of hydrogen-bond donors (Lipinski definition) is 1. The number of alkyl halides is 1. The molecule has 0 saturated heterocycles. The van der Waals surface area contributed by atoms with E-state index in [4.69, 9.17) is 17.3 Å². The van der Waals surface area contributed by atoms with Crippen molar-refractivity contribution in [1.82, 2.24) is 0 Å². The van der Waals surface area contributed by atoms with E-state index in [2.05, 4.69) is 6.07 Å². The second-order valence-corrected chi connectivity index (χ2v) is 5.35. The van der Waals surface area contributed by atoms with Gasteiger partial charge in [-0.25, -0.2) is 0 Å². The van der Waals surface area contributed by atoms with Gasteiger partial charge >= 0.3 is 0 Å². The molecule has 2 bridgehead atoms. The van der Waals surface area contributed by atoms with Gasteiger partial charge in [0.05, 0.1) is 5.38 Å². The molecule has 1 nitrogen and oxygen atoms in total. The molecule has 2 heteroatoms. The number of rotatable bonds is 0. The summed E-state index contributed by atoms with van der Waals surface area (Å²) in [6, 6.07) is 6.20. The second-order valence-electron chi connectivity index (χ2n) is 4.88. The Morgan fingerprint density at radius 2 is 2.13 bits per heavy atom. The zero-order chi connectivity index (χ0) is 10.4.